The third-order valence-corrected chi connectivity index (χ3v) is 10.9. The van der Waals surface area contributed by atoms with Gasteiger partial charge < -0.3 is 15.1 Å². The van der Waals surface area contributed by atoms with Gasteiger partial charge in [-0.3, -0.25) is 9.69 Å². The minimum Gasteiger partial charge on any atom is -0.371 e. The fourth-order valence-corrected chi connectivity index (χ4v) is 8.40. The molecule has 6 rings (SSSR count). The predicted octanol–water partition coefficient (Wildman–Crippen LogP) is 2.72. The monoisotopic (exact) mass is 583 g/mol. The predicted molar refractivity (Wildman–Crippen MR) is 157 cm³/mol. The maximum atomic E-state index is 13.1. The number of rotatable bonds is 5. The van der Waals surface area contributed by atoms with Crippen molar-refractivity contribution in [2.75, 3.05) is 62.3 Å². The van der Waals surface area contributed by atoms with E-state index in [0.29, 0.717) is 32.0 Å². The summed E-state index contributed by atoms with van der Waals surface area (Å²) in [7, 11) is -3.12. The van der Waals surface area contributed by atoms with E-state index in [1.807, 2.05) is 4.90 Å². The molecule has 0 aliphatic carbocycles. The molecule has 2 aromatic rings. The van der Waals surface area contributed by atoms with Gasteiger partial charge in [0.1, 0.15) is 0 Å². The molecule has 4 aliphatic rings. The van der Waals surface area contributed by atoms with Crippen molar-refractivity contribution in [3.8, 4) is 0 Å². The van der Waals surface area contributed by atoms with Crippen molar-refractivity contribution in [3.05, 3.63) is 41.6 Å². The summed E-state index contributed by atoms with van der Waals surface area (Å²) in [6.45, 7) is 9.94. The molecule has 0 bridgehead atoms. The van der Waals surface area contributed by atoms with E-state index in [1.165, 1.54) is 34.7 Å². The van der Waals surface area contributed by atoms with Gasteiger partial charge in [0.05, 0.1) is 6.26 Å². The number of carbonyl (C=O) groups excluding carboxylic acids is 2. The maximum Gasteiger partial charge on any atom is 0.344 e. The molecule has 5 heterocycles. The fraction of sp³-hybridized carbons (Fsp3) is 0.621. The van der Waals surface area contributed by atoms with Gasteiger partial charge in [-0.25, -0.2) is 17.5 Å². The molecule has 0 unspecified atom stereocenters. The highest BCUT2D eigenvalue weighted by Crippen LogP contribution is 2.44. The third kappa shape index (κ3) is 5.49. The van der Waals surface area contributed by atoms with Gasteiger partial charge in [-0.15, -0.1) is 5.10 Å². The van der Waals surface area contributed by atoms with Crippen molar-refractivity contribution in [1.82, 2.24) is 23.9 Å². The summed E-state index contributed by atoms with van der Waals surface area (Å²) >= 11 is 0. The molecule has 222 valence electrons. The first kappa shape index (κ1) is 28.2. The standard InChI is InChI=1S/C29H41N7O4S/c1-22-5-6-24(25(17-22)33-14-9-28(19-33)20-35(21-28)41(3,39)40)18-34-12-4-8-29(34)10-15-32(16-11-29)27(38)36-13-7-26(31-36)30-23(2)37/h5-7,13,17H,4,8-12,14-16,18-21H2,1-3H3,(H,30,31,37). The van der Waals surface area contributed by atoms with Crippen LogP contribution in [0.1, 0.15) is 50.2 Å². The molecule has 11 nitrogen and oxygen atoms in total. The lowest BCUT2D eigenvalue weighted by Crippen LogP contribution is -2.59. The molecular formula is C29H41N7O4S. The molecule has 4 fully saturated rings. The van der Waals surface area contributed by atoms with Gasteiger partial charge in [0.2, 0.25) is 15.9 Å². The zero-order valence-electron chi connectivity index (χ0n) is 24.3. The Morgan fingerprint density at radius 3 is 2.46 bits per heavy atom. The number of aryl methyl sites for hydroxylation is 1. The highest BCUT2D eigenvalue weighted by Gasteiger charge is 2.51. The van der Waals surface area contributed by atoms with Crippen LogP contribution in [0.4, 0.5) is 16.3 Å². The van der Waals surface area contributed by atoms with E-state index in [4.69, 9.17) is 0 Å². The van der Waals surface area contributed by atoms with Crippen molar-refractivity contribution < 1.29 is 18.0 Å². The Labute approximate surface area is 242 Å². The number of nitrogens with zero attached hydrogens (tertiary/aromatic N) is 6. The maximum absolute atomic E-state index is 13.1. The molecule has 12 heteroatoms. The quantitative estimate of drug-likeness (QED) is 0.576. The van der Waals surface area contributed by atoms with E-state index in [-0.39, 0.29) is 22.9 Å². The molecule has 1 N–H and O–H groups in total. The smallest absolute Gasteiger partial charge is 0.344 e. The van der Waals surface area contributed by atoms with Crippen LogP contribution in [-0.2, 0) is 21.4 Å². The zero-order valence-corrected chi connectivity index (χ0v) is 25.1. The number of hydrogen-bond donors (Lipinski definition) is 1. The molecule has 4 saturated heterocycles. The topological polar surface area (TPSA) is 111 Å². The van der Waals surface area contributed by atoms with E-state index in [1.54, 1.807) is 16.6 Å². The summed E-state index contributed by atoms with van der Waals surface area (Å²) in [4.78, 5) is 31.4. The second-order valence-corrected chi connectivity index (χ2v) is 14.7. The lowest BCUT2D eigenvalue weighted by molar-refractivity contribution is -0.114. The van der Waals surface area contributed by atoms with Gasteiger partial charge in [0.25, 0.3) is 0 Å². The van der Waals surface area contributed by atoms with E-state index in [0.717, 1.165) is 58.3 Å². The number of nitrogens with one attached hydrogen (secondary N) is 1. The average Bonchev–Trinajstić information content (AvgIpc) is 3.63. The highest BCUT2D eigenvalue weighted by molar-refractivity contribution is 7.88. The number of carbonyl (C=O) groups is 2. The number of anilines is 2. The molecule has 1 aromatic carbocycles. The van der Waals surface area contributed by atoms with E-state index in [2.05, 4.69) is 45.3 Å². The third-order valence-electron chi connectivity index (χ3n) is 9.67. The molecular weight excluding hydrogens is 542 g/mol. The van der Waals surface area contributed by atoms with Gasteiger partial charge in [0.15, 0.2) is 5.82 Å². The number of likely N-dealkylation sites (tertiary alicyclic amines) is 2. The van der Waals surface area contributed by atoms with Gasteiger partial charge >= 0.3 is 6.03 Å². The first-order chi connectivity index (χ1) is 19.5. The minimum atomic E-state index is -3.12. The number of amides is 2. The summed E-state index contributed by atoms with van der Waals surface area (Å²) in [5.74, 6) is 0.163. The molecule has 2 spiro atoms. The Morgan fingerprint density at radius 1 is 1.00 bits per heavy atom. The van der Waals surface area contributed by atoms with Gasteiger partial charge in [0, 0.05) is 81.6 Å². The summed E-state index contributed by atoms with van der Waals surface area (Å²) < 4.78 is 26.9. The van der Waals surface area contributed by atoms with Crippen LogP contribution in [0.5, 0.6) is 0 Å². The summed E-state index contributed by atoms with van der Waals surface area (Å²) in [5, 5.41) is 6.84. The van der Waals surface area contributed by atoms with Crippen molar-refractivity contribution in [1.29, 1.82) is 0 Å². The van der Waals surface area contributed by atoms with Crippen LogP contribution >= 0.6 is 0 Å². The second kappa shape index (κ2) is 10.4. The molecule has 0 atom stereocenters. The minimum absolute atomic E-state index is 0.0653. The lowest BCUT2D eigenvalue weighted by atomic mass is 9.81. The molecule has 0 radical (unpaired) electrons. The van der Waals surface area contributed by atoms with E-state index in [9.17, 15) is 18.0 Å². The number of benzene rings is 1. The zero-order chi connectivity index (χ0) is 29.0. The number of hydrogen-bond acceptors (Lipinski definition) is 7. The number of sulfonamides is 1. The van der Waals surface area contributed by atoms with Crippen molar-refractivity contribution in [2.24, 2.45) is 5.41 Å². The number of piperidine rings is 1. The Morgan fingerprint density at radius 2 is 1.76 bits per heavy atom. The SMILES string of the molecule is CC(=O)Nc1ccn(C(=O)N2CCC3(CCCN3Cc3ccc(C)cc3N3CCC4(C3)CN(S(C)(=O)=O)C4)CC2)n1. The molecule has 4 aliphatic heterocycles. The Kier molecular flexibility index (Phi) is 7.14. The first-order valence-electron chi connectivity index (χ1n) is 14.6. The van der Waals surface area contributed by atoms with Crippen LogP contribution in [-0.4, -0.2) is 102 Å². The van der Waals surface area contributed by atoms with E-state index < -0.39 is 10.0 Å². The van der Waals surface area contributed by atoms with Crippen LogP contribution in [0.3, 0.4) is 0 Å². The summed E-state index contributed by atoms with van der Waals surface area (Å²) in [6.07, 6.45) is 8.07. The Balaban J connectivity index is 1.12. The normalized spacial score (nSPS) is 22.4. The second-order valence-electron chi connectivity index (χ2n) is 12.7. The largest absolute Gasteiger partial charge is 0.371 e. The molecule has 41 heavy (non-hydrogen) atoms. The van der Waals surface area contributed by atoms with Crippen molar-refractivity contribution in [3.63, 3.8) is 0 Å². The van der Waals surface area contributed by atoms with Crippen LogP contribution in [0.25, 0.3) is 0 Å². The van der Waals surface area contributed by atoms with Crippen LogP contribution in [0.2, 0.25) is 0 Å². The van der Waals surface area contributed by atoms with Gasteiger partial charge in [-0.1, -0.05) is 12.1 Å². The molecule has 1 aromatic heterocycles. The number of aromatic nitrogens is 2. The van der Waals surface area contributed by atoms with Crippen LogP contribution in [0, 0.1) is 12.3 Å². The Hall–Kier alpha value is -2.96. The first-order valence-corrected chi connectivity index (χ1v) is 16.5. The summed E-state index contributed by atoms with van der Waals surface area (Å²) in [5.41, 5.74) is 3.99. The molecule has 2 amide bonds. The Bertz CT molecular complexity index is 1440. The van der Waals surface area contributed by atoms with E-state index >= 15 is 0 Å². The van der Waals surface area contributed by atoms with Gasteiger partial charge in [-0.05, 0) is 62.8 Å². The van der Waals surface area contributed by atoms with Crippen molar-refractivity contribution in [2.45, 2.75) is 58.0 Å². The summed E-state index contributed by atoms with van der Waals surface area (Å²) in [6, 6.07) is 8.24. The lowest BCUT2D eigenvalue weighted by Gasteiger charge is -2.46. The van der Waals surface area contributed by atoms with Crippen LogP contribution in [0.15, 0.2) is 30.5 Å². The highest BCUT2D eigenvalue weighted by atomic mass is 32.2. The van der Waals surface area contributed by atoms with Gasteiger partial charge in [-0.2, -0.15) is 4.68 Å². The van der Waals surface area contributed by atoms with Crippen LogP contribution < -0.4 is 10.2 Å². The average molecular weight is 584 g/mol. The fourth-order valence-electron chi connectivity index (χ4n) is 7.39. The van der Waals surface area contributed by atoms with Crippen molar-refractivity contribution >= 4 is 33.5 Å². The molecule has 0 saturated carbocycles.